The summed E-state index contributed by atoms with van der Waals surface area (Å²) in [5.41, 5.74) is 0.971. The quantitative estimate of drug-likeness (QED) is 0.539. The molecule has 1 aromatic carbocycles. The number of amides is 2. The van der Waals surface area contributed by atoms with Gasteiger partial charge in [-0.1, -0.05) is 6.07 Å². The van der Waals surface area contributed by atoms with Crippen LogP contribution in [0.4, 0.5) is 11.5 Å². The van der Waals surface area contributed by atoms with Crippen molar-refractivity contribution in [1.82, 2.24) is 4.98 Å². The normalized spacial score (nSPS) is 10.7. The minimum atomic E-state index is -0.300. The molecule has 0 aliphatic rings. The lowest BCUT2D eigenvalue weighted by Crippen LogP contribution is -2.14. The second-order valence-corrected chi connectivity index (χ2v) is 7.90. The van der Waals surface area contributed by atoms with Crippen molar-refractivity contribution in [2.45, 2.75) is 6.92 Å². The zero-order valence-corrected chi connectivity index (χ0v) is 16.8. The fourth-order valence-electron chi connectivity index (χ4n) is 2.26. The van der Waals surface area contributed by atoms with E-state index in [1.807, 2.05) is 19.1 Å². The third-order valence-corrected chi connectivity index (χ3v) is 4.96. The van der Waals surface area contributed by atoms with Crippen LogP contribution in [-0.2, 0) is 4.79 Å². The zero-order valence-electron chi connectivity index (χ0n) is 14.4. The van der Waals surface area contributed by atoms with Gasteiger partial charge < -0.3 is 10.6 Å². The number of aromatic nitrogens is 1. The molecule has 2 heterocycles. The first-order valence-electron chi connectivity index (χ1n) is 8.08. The Hall–Kier alpha value is -2.77. The van der Waals surface area contributed by atoms with Gasteiger partial charge in [-0.05, 0) is 71.4 Å². The topological polar surface area (TPSA) is 71.1 Å². The molecule has 0 bridgehead atoms. The molecule has 3 aromatic rings. The van der Waals surface area contributed by atoms with Crippen LogP contribution in [0.25, 0.3) is 6.08 Å². The molecule has 27 heavy (non-hydrogen) atoms. The van der Waals surface area contributed by atoms with Crippen LogP contribution in [-0.4, -0.2) is 16.8 Å². The Labute approximate surface area is 169 Å². The van der Waals surface area contributed by atoms with Crippen LogP contribution in [0.15, 0.2) is 65.3 Å². The highest BCUT2D eigenvalue weighted by molar-refractivity contribution is 9.10. The summed E-state index contributed by atoms with van der Waals surface area (Å²) in [5.74, 6) is -0.106. The van der Waals surface area contributed by atoms with Crippen molar-refractivity contribution in [2.75, 3.05) is 10.6 Å². The molecule has 0 atom stereocenters. The molecular weight excluding hydrogens is 426 g/mol. The molecule has 0 radical (unpaired) electrons. The number of thiophene rings is 1. The summed E-state index contributed by atoms with van der Waals surface area (Å²) in [7, 11) is 0. The molecular formula is C20H16BrN3O2S. The molecule has 2 aromatic heterocycles. The highest BCUT2D eigenvalue weighted by Crippen LogP contribution is 2.17. The van der Waals surface area contributed by atoms with E-state index < -0.39 is 0 Å². The molecule has 0 fully saturated rings. The number of halogens is 1. The maximum atomic E-state index is 12.4. The van der Waals surface area contributed by atoms with Crippen molar-refractivity contribution < 1.29 is 9.59 Å². The average molecular weight is 442 g/mol. The van der Waals surface area contributed by atoms with Gasteiger partial charge in [0.15, 0.2) is 0 Å². The minimum absolute atomic E-state index is 0.256. The Morgan fingerprint density at radius 3 is 2.67 bits per heavy atom. The molecule has 2 N–H and O–H groups in total. The summed E-state index contributed by atoms with van der Waals surface area (Å²) in [6, 6.07) is 14.2. The molecule has 0 saturated carbocycles. The Morgan fingerprint density at radius 2 is 1.96 bits per heavy atom. The van der Waals surface area contributed by atoms with Crippen molar-refractivity contribution in [2.24, 2.45) is 0 Å². The molecule has 5 nitrogen and oxygen atoms in total. The van der Waals surface area contributed by atoms with Gasteiger partial charge in [0, 0.05) is 37.8 Å². The van der Waals surface area contributed by atoms with E-state index in [0.29, 0.717) is 17.1 Å². The Bertz CT molecular complexity index is 996. The summed E-state index contributed by atoms with van der Waals surface area (Å²) in [6.07, 6.45) is 4.85. The highest BCUT2D eigenvalue weighted by atomic mass is 79.9. The lowest BCUT2D eigenvalue weighted by atomic mass is 10.2. The predicted molar refractivity (Wildman–Crippen MR) is 113 cm³/mol. The van der Waals surface area contributed by atoms with Crippen LogP contribution >= 0.6 is 27.3 Å². The number of aryl methyl sites for hydroxylation is 1. The van der Waals surface area contributed by atoms with E-state index >= 15 is 0 Å². The van der Waals surface area contributed by atoms with Crippen molar-refractivity contribution >= 4 is 56.7 Å². The Morgan fingerprint density at radius 1 is 1.11 bits per heavy atom. The van der Waals surface area contributed by atoms with Crippen molar-refractivity contribution in [3.63, 3.8) is 0 Å². The van der Waals surface area contributed by atoms with Gasteiger partial charge >= 0.3 is 0 Å². The van der Waals surface area contributed by atoms with Crippen molar-refractivity contribution in [1.29, 1.82) is 0 Å². The van der Waals surface area contributed by atoms with E-state index in [-0.39, 0.29) is 11.8 Å². The maximum absolute atomic E-state index is 12.4. The molecule has 0 spiro atoms. The summed E-state index contributed by atoms with van der Waals surface area (Å²) >= 11 is 4.91. The third-order valence-electron chi connectivity index (χ3n) is 3.52. The molecule has 3 rings (SSSR count). The second-order valence-electron chi connectivity index (χ2n) is 5.67. The number of carbonyl (C=O) groups excluding carboxylic acids is 2. The average Bonchev–Trinajstić information content (AvgIpc) is 3.07. The number of pyridine rings is 1. The maximum Gasteiger partial charge on any atom is 0.256 e. The summed E-state index contributed by atoms with van der Waals surface area (Å²) in [6.45, 7) is 2.02. The highest BCUT2D eigenvalue weighted by Gasteiger charge is 2.08. The van der Waals surface area contributed by atoms with E-state index in [0.717, 1.165) is 9.35 Å². The number of hydrogen-bond acceptors (Lipinski definition) is 4. The number of rotatable bonds is 5. The monoisotopic (exact) mass is 441 g/mol. The molecule has 0 aliphatic carbocycles. The summed E-state index contributed by atoms with van der Waals surface area (Å²) < 4.78 is 0.830. The van der Waals surface area contributed by atoms with E-state index in [1.165, 1.54) is 11.0 Å². The van der Waals surface area contributed by atoms with Crippen LogP contribution in [0, 0.1) is 6.92 Å². The SMILES string of the molecule is Cc1ccc(/C=C/C(=O)Nc2cccc(C(=O)Nc3ccc(Br)cn3)c2)s1. The first-order valence-corrected chi connectivity index (χ1v) is 9.69. The van der Waals surface area contributed by atoms with E-state index in [2.05, 4.69) is 31.5 Å². The summed E-state index contributed by atoms with van der Waals surface area (Å²) in [4.78, 5) is 30.8. The van der Waals surface area contributed by atoms with E-state index in [4.69, 9.17) is 0 Å². The largest absolute Gasteiger partial charge is 0.322 e. The summed E-state index contributed by atoms with van der Waals surface area (Å²) in [5, 5.41) is 5.48. The van der Waals surface area contributed by atoms with Crippen LogP contribution in [0.2, 0.25) is 0 Å². The van der Waals surface area contributed by atoms with E-state index in [9.17, 15) is 9.59 Å². The van der Waals surface area contributed by atoms with Gasteiger partial charge in [0.25, 0.3) is 5.91 Å². The zero-order chi connectivity index (χ0) is 19.2. The van der Waals surface area contributed by atoms with E-state index in [1.54, 1.807) is 60.0 Å². The number of benzene rings is 1. The van der Waals surface area contributed by atoms with Crippen LogP contribution in [0.3, 0.4) is 0 Å². The lowest BCUT2D eigenvalue weighted by Gasteiger charge is -2.07. The standard InChI is InChI=1S/C20H16BrN3O2S/c1-13-5-7-17(27-13)8-10-19(25)23-16-4-2-3-14(11-16)20(26)24-18-9-6-15(21)12-22-18/h2-12H,1H3,(H,23,25)(H,22,24,26)/b10-8+. The second kappa shape index (κ2) is 8.75. The van der Waals surface area contributed by atoms with Crippen LogP contribution in [0.1, 0.15) is 20.1 Å². The number of nitrogens with zero attached hydrogens (tertiary/aromatic N) is 1. The minimum Gasteiger partial charge on any atom is -0.322 e. The number of anilines is 2. The van der Waals surface area contributed by atoms with Gasteiger partial charge in [-0.2, -0.15) is 0 Å². The Balaban J connectivity index is 1.64. The lowest BCUT2D eigenvalue weighted by molar-refractivity contribution is -0.111. The number of carbonyl (C=O) groups is 2. The molecule has 7 heteroatoms. The van der Waals surface area contributed by atoms with Gasteiger partial charge in [-0.15, -0.1) is 11.3 Å². The molecule has 0 saturated heterocycles. The van der Waals surface area contributed by atoms with Gasteiger partial charge in [0.05, 0.1) is 0 Å². The number of hydrogen-bond donors (Lipinski definition) is 2. The first kappa shape index (κ1) is 19.0. The molecule has 0 unspecified atom stereocenters. The van der Waals surface area contributed by atoms with Crippen molar-refractivity contribution in [3.05, 3.63) is 80.6 Å². The van der Waals surface area contributed by atoms with Crippen LogP contribution in [0.5, 0.6) is 0 Å². The first-order chi connectivity index (χ1) is 13.0. The third kappa shape index (κ3) is 5.60. The van der Waals surface area contributed by atoms with Gasteiger partial charge in [0.2, 0.25) is 5.91 Å². The van der Waals surface area contributed by atoms with Crippen LogP contribution < -0.4 is 10.6 Å². The van der Waals surface area contributed by atoms with Crippen molar-refractivity contribution in [3.8, 4) is 0 Å². The fourth-order valence-corrected chi connectivity index (χ4v) is 3.28. The Kier molecular flexibility index (Phi) is 6.16. The number of nitrogens with one attached hydrogen (secondary N) is 2. The van der Waals surface area contributed by atoms with Gasteiger partial charge in [-0.25, -0.2) is 4.98 Å². The predicted octanol–water partition coefficient (Wildman–Crippen LogP) is 5.12. The van der Waals surface area contributed by atoms with Gasteiger partial charge in [0.1, 0.15) is 5.82 Å². The molecule has 2 amide bonds. The molecule has 0 aliphatic heterocycles. The fraction of sp³-hybridized carbons (Fsp3) is 0.0500. The molecule has 136 valence electrons. The van der Waals surface area contributed by atoms with Gasteiger partial charge in [-0.3, -0.25) is 9.59 Å². The smallest absolute Gasteiger partial charge is 0.256 e.